The van der Waals surface area contributed by atoms with Gasteiger partial charge in [0, 0.05) is 21.5 Å². The highest BCUT2D eigenvalue weighted by Gasteiger charge is 1.98. The number of halogens is 1. The molecule has 0 bridgehead atoms. The second-order valence-electron chi connectivity index (χ2n) is 2.70. The molecular formula is C10H10BrN3O. The Morgan fingerprint density at radius 3 is 3.07 bits per heavy atom. The van der Waals surface area contributed by atoms with Crippen LogP contribution in [0.3, 0.4) is 0 Å². The molecule has 1 aromatic rings. The van der Waals surface area contributed by atoms with Crippen LogP contribution < -0.4 is 4.74 Å². The molecule has 1 aromatic carbocycles. The van der Waals surface area contributed by atoms with Gasteiger partial charge in [0.1, 0.15) is 5.75 Å². The van der Waals surface area contributed by atoms with Gasteiger partial charge in [-0.05, 0) is 23.7 Å². The van der Waals surface area contributed by atoms with Crippen molar-refractivity contribution in [1.29, 1.82) is 0 Å². The van der Waals surface area contributed by atoms with E-state index in [2.05, 4.69) is 26.0 Å². The minimum atomic E-state index is 0.339. The topological polar surface area (TPSA) is 58.0 Å². The SMILES string of the molecule is COc1ccc(Br)cc1C=CCN=[N+]=[N-]. The summed E-state index contributed by atoms with van der Waals surface area (Å²) in [4.78, 5) is 2.66. The van der Waals surface area contributed by atoms with Crippen molar-refractivity contribution in [3.8, 4) is 5.75 Å². The molecule has 0 heterocycles. The maximum atomic E-state index is 8.10. The molecule has 0 amide bonds. The fourth-order valence-corrected chi connectivity index (χ4v) is 1.48. The lowest BCUT2D eigenvalue weighted by Gasteiger charge is -2.04. The van der Waals surface area contributed by atoms with Gasteiger partial charge in [-0.1, -0.05) is 33.2 Å². The third kappa shape index (κ3) is 3.65. The van der Waals surface area contributed by atoms with Gasteiger partial charge >= 0.3 is 0 Å². The first-order valence-electron chi connectivity index (χ1n) is 4.29. The number of methoxy groups -OCH3 is 1. The second-order valence-corrected chi connectivity index (χ2v) is 3.62. The van der Waals surface area contributed by atoms with Gasteiger partial charge in [-0.3, -0.25) is 0 Å². The van der Waals surface area contributed by atoms with Crippen LogP contribution in [0.5, 0.6) is 5.75 Å². The second kappa shape index (κ2) is 6.11. The summed E-state index contributed by atoms with van der Waals surface area (Å²) in [5.41, 5.74) is 9.05. The molecule has 0 N–H and O–H groups in total. The van der Waals surface area contributed by atoms with E-state index in [0.29, 0.717) is 6.54 Å². The van der Waals surface area contributed by atoms with Crippen molar-refractivity contribution in [2.45, 2.75) is 0 Å². The summed E-state index contributed by atoms with van der Waals surface area (Å²) in [5.74, 6) is 0.787. The van der Waals surface area contributed by atoms with E-state index >= 15 is 0 Å². The number of hydrogen-bond acceptors (Lipinski definition) is 2. The standard InChI is InChI=1S/C10H10BrN3O/c1-15-10-5-4-9(11)7-8(10)3-2-6-13-14-12/h2-5,7H,6H2,1H3. The Hall–Kier alpha value is -1.45. The minimum absolute atomic E-state index is 0.339. The van der Waals surface area contributed by atoms with Gasteiger partial charge in [0.2, 0.25) is 0 Å². The monoisotopic (exact) mass is 267 g/mol. The zero-order valence-electron chi connectivity index (χ0n) is 8.22. The van der Waals surface area contributed by atoms with E-state index in [1.54, 1.807) is 13.2 Å². The molecule has 0 saturated carbocycles. The van der Waals surface area contributed by atoms with E-state index in [9.17, 15) is 0 Å². The van der Waals surface area contributed by atoms with Crippen LogP contribution in [0.4, 0.5) is 0 Å². The van der Waals surface area contributed by atoms with Crippen molar-refractivity contribution < 1.29 is 4.74 Å². The van der Waals surface area contributed by atoms with Crippen LogP contribution in [-0.2, 0) is 0 Å². The molecule has 4 nitrogen and oxygen atoms in total. The Morgan fingerprint density at radius 1 is 1.60 bits per heavy atom. The van der Waals surface area contributed by atoms with Crippen LogP contribution in [0.1, 0.15) is 5.56 Å². The van der Waals surface area contributed by atoms with Gasteiger partial charge in [-0.2, -0.15) is 0 Å². The Morgan fingerprint density at radius 2 is 2.40 bits per heavy atom. The lowest BCUT2D eigenvalue weighted by Crippen LogP contribution is -1.86. The van der Waals surface area contributed by atoms with Gasteiger partial charge in [0.15, 0.2) is 0 Å². The Balaban J connectivity index is 2.86. The van der Waals surface area contributed by atoms with E-state index in [-0.39, 0.29) is 0 Å². The highest BCUT2D eigenvalue weighted by Crippen LogP contribution is 2.23. The number of nitrogens with zero attached hydrogens (tertiary/aromatic N) is 3. The summed E-state index contributed by atoms with van der Waals surface area (Å²) in [5, 5.41) is 3.41. The average Bonchev–Trinajstić information content (AvgIpc) is 2.25. The molecule has 0 aromatic heterocycles. The Labute approximate surface area is 96.3 Å². The van der Waals surface area contributed by atoms with E-state index in [1.165, 1.54) is 0 Å². The number of ether oxygens (including phenoxy) is 1. The fourth-order valence-electron chi connectivity index (χ4n) is 1.10. The Kier molecular flexibility index (Phi) is 4.74. The van der Waals surface area contributed by atoms with Crippen LogP contribution in [0.15, 0.2) is 33.9 Å². The van der Waals surface area contributed by atoms with Crippen molar-refractivity contribution in [3.63, 3.8) is 0 Å². The van der Waals surface area contributed by atoms with Gasteiger partial charge in [-0.15, -0.1) is 0 Å². The molecule has 0 saturated heterocycles. The van der Waals surface area contributed by atoms with Gasteiger partial charge in [0.05, 0.1) is 7.11 Å². The number of hydrogen-bond donors (Lipinski definition) is 0. The summed E-state index contributed by atoms with van der Waals surface area (Å²) < 4.78 is 6.16. The largest absolute Gasteiger partial charge is 0.496 e. The van der Waals surface area contributed by atoms with Crippen molar-refractivity contribution in [2.75, 3.05) is 13.7 Å². The number of benzene rings is 1. The van der Waals surface area contributed by atoms with Crippen molar-refractivity contribution in [1.82, 2.24) is 0 Å². The zero-order chi connectivity index (χ0) is 11.1. The van der Waals surface area contributed by atoms with Crippen LogP contribution in [-0.4, -0.2) is 13.7 Å². The van der Waals surface area contributed by atoms with Crippen molar-refractivity contribution in [3.05, 3.63) is 44.8 Å². The first-order valence-corrected chi connectivity index (χ1v) is 5.08. The molecule has 0 fully saturated rings. The molecule has 0 radical (unpaired) electrons. The third-order valence-electron chi connectivity index (χ3n) is 1.74. The number of rotatable bonds is 4. The molecule has 0 aliphatic rings. The average molecular weight is 268 g/mol. The molecule has 0 aliphatic carbocycles. The van der Waals surface area contributed by atoms with Crippen molar-refractivity contribution >= 4 is 22.0 Å². The summed E-state index contributed by atoms with van der Waals surface area (Å²) in [7, 11) is 1.62. The molecule has 0 unspecified atom stereocenters. The van der Waals surface area contributed by atoms with E-state index < -0.39 is 0 Å². The molecular weight excluding hydrogens is 258 g/mol. The van der Waals surface area contributed by atoms with Crippen LogP contribution in [0.25, 0.3) is 16.5 Å². The maximum absolute atomic E-state index is 8.10. The first-order chi connectivity index (χ1) is 7.27. The highest BCUT2D eigenvalue weighted by atomic mass is 79.9. The van der Waals surface area contributed by atoms with Crippen LogP contribution in [0, 0.1) is 0 Å². The van der Waals surface area contributed by atoms with Gasteiger partial charge in [-0.25, -0.2) is 0 Å². The molecule has 15 heavy (non-hydrogen) atoms. The predicted octanol–water partition coefficient (Wildman–Crippen LogP) is 3.78. The highest BCUT2D eigenvalue weighted by molar-refractivity contribution is 9.10. The van der Waals surface area contributed by atoms with Gasteiger partial charge in [0.25, 0.3) is 0 Å². The smallest absolute Gasteiger partial charge is 0.126 e. The molecule has 5 heteroatoms. The minimum Gasteiger partial charge on any atom is -0.496 e. The number of azide groups is 1. The Bertz CT molecular complexity index is 411. The zero-order valence-corrected chi connectivity index (χ0v) is 9.81. The van der Waals surface area contributed by atoms with Gasteiger partial charge < -0.3 is 4.74 Å². The quantitative estimate of drug-likeness (QED) is 0.465. The summed E-state index contributed by atoms with van der Waals surface area (Å²) in [6, 6.07) is 5.71. The lowest BCUT2D eigenvalue weighted by atomic mass is 10.2. The maximum Gasteiger partial charge on any atom is 0.126 e. The van der Waals surface area contributed by atoms with Crippen LogP contribution >= 0.6 is 15.9 Å². The fraction of sp³-hybridized carbons (Fsp3) is 0.200. The van der Waals surface area contributed by atoms with E-state index in [0.717, 1.165) is 15.8 Å². The summed E-state index contributed by atoms with van der Waals surface area (Å²) in [6.07, 6.45) is 3.64. The summed E-state index contributed by atoms with van der Waals surface area (Å²) in [6.45, 7) is 0.339. The molecule has 0 atom stereocenters. The third-order valence-corrected chi connectivity index (χ3v) is 2.23. The summed E-state index contributed by atoms with van der Waals surface area (Å²) >= 11 is 3.38. The first kappa shape index (κ1) is 11.6. The molecule has 78 valence electrons. The lowest BCUT2D eigenvalue weighted by molar-refractivity contribution is 0.414. The van der Waals surface area contributed by atoms with E-state index in [1.807, 2.05) is 24.3 Å². The van der Waals surface area contributed by atoms with Crippen molar-refractivity contribution in [2.24, 2.45) is 5.11 Å². The molecule has 0 spiro atoms. The molecule has 0 aliphatic heterocycles. The van der Waals surface area contributed by atoms with E-state index in [4.69, 9.17) is 10.3 Å². The predicted molar refractivity (Wildman–Crippen MR) is 63.7 cm³/mol. The normalized spacial score (nSPS) is 10.0. The van der Waals surface area contributed by atoms with Crippen LogP contribution in [0.2, 0.25) is 0 Å². The molecule has 1 rings (SSSR count).